The Labute approximate surface area is 356 Å². The van der Waals surface area contributed by atoms with Gasteiger partial charge >= 0.3 is 0 Å². The zero-order valence-corrected chi connectivity index (χ0v) is 33.7. The van der Waals surface area contributed by atoms with Gasteiger partial charge in [-0.15, -0.1) is 11.3 Å². The molecule has 0 spiro atoms. The van der Waals surface area contributed by atoms with Crippen LogP contribution in [0.4, 0.5) is 0 Å². The molecule has 0 saturated carbocycles. The maximum atomic E-state index is 6.73. The van der Waals surface area contributed by atoms with Gasteiger partial charge in [-0.2, -0.15) is 0 Å². The van der Waals surface area contributed by atoms with Gasteiger partial charge in [-0.3, -0.25) is 4.57 Å². The van der Waals surface area contributed by atoms with Crippen molar-refractivity contribution in [3.63, 3.8) is 0 Å². The molecular weight excluding hydrogens is 777 g/mol. The van der Waals surface area contributed by atoms with E-state index in [4.69, 9.17) is 14.4 Å². The van der Waals surface area contributed by atoms with Crippen molar-refractivity contribution in [2.45, 2.75) is 0 Å². The van der Waals surface area contributed by atoms with Gasteiger partial charge in [0.25, 0.3) is 0 Å². The molecule has 15 aromatic rings. The summed E-state index contributed by atoms with van der Waals surface area (Å²) in [5.41, 5.74) is 12.0. The highest BCUT2D eigenvalue weighted by Crippen LogP contribution is 2.45. The third kappa shape index (κ3) is 4.26. The lowest BCUT2D eigenvalue weighted by molar-refractivity contribution is 0.669. The number of benzene rings is 9. The maximum absolute atomic E-state index is 6.73. The highest BCUT2D eigenvalue weighted by Gasteiger charge is 2.23. The van der Waals surface area contributed by atoms with Crippen LogP contribution in [-0.2, 0) is 0 Å². The van der Waals surface area contributed by atoms with Crippen LogP contribution in [0, 0.1) is 0 Å². The van der Waals surface area contributed by atoms with E-state index in [-0.39, 0.29) is 0 Å². The van der Waals surface area contributed by atoms with Crippen molar-refractivity contribution < 1.29 is 4.42 Å². The largest absolute Gasteiger partial charge is 0.456 e. The van der Waals surface area contributed by atoms with Crippen molar-refractivity contribution in [3.05, 3.63) is 182 Å². The van der Waals surface area contributed by atoms with Gasteiger partial charge in [0.2, 0.25) is 0 Å². The van der Waals surface area contributed by atoms with E-state index in [0.717, 1.165) is 76.9 Å². The lowest BCUT2D eigenvalue weighted by Gasteiger charge is -2.11. The molecule has 0 amide bonds. The molecule has 0 aliphatic carbocycles. The Morgan fingerprint density at radius 3 is 2.00 bits per heavy atom. The molecule has 15 rings (SSSR count). The van der Waals surface area contributed by atoms with E-state index in [2.05, 4.69) is 173 Å². The summed E-state index contributed by atoms with van der Waals surface area (Å²) in [5.74, 6) is 1.62. The third-order valence-electron chi connectivity index (χ3n) is 13.2. The van der Waals surface area contributed by atoms with E-state index in [0.29, 0.717) is 0 Å². The number of nitrogens with zero attached hydrogens (tertiary/aromatic N) is 4. The Hall–Kier alpha value is -8.06. The smallest absolute Gasteiger partial charge is 0.162 e. The number of hydrogen-bond acceptors (Lipinski definition) is 4. The topological polar surface area (TPSA) is 48.3 Å². The lowest BCUT2D eigenvalue weighted by Crippen LogP contribution is -2.01. The monoisotopic (exact) mass is 806 g/mol. The highest BCUT2D eigenvalue weighted by atomic mass is 32.1. The van der Waals surface area contributed by atoms with E-state index in [1.54, 1.807) is 11.3 Å². The molecule has 0 unspecified atom stereocenters. The molecule has 0 N–H and O–H groups in total. The van der Waals surface area contributed by atoms with Crippen LogP contribution in [-0.4, -0.2) is 18.9 Å². The van der Waals surface area contributed by atoms with E-state index in [1.165, 1.54) is 64.3 Å². The van der Waals surface area contributed by atoms with Gasteiger partial charge in [-0.1, -0.05) is 121 Å². The SMILES string of the molecule is c1ccc(-c2nc(-n3c4ccccc4c4cc(-c5ccc6c(c5)oc5ccc7cc8c9cccc%10c%11ccccc%11n(c8cc7c56)c%109)ccc43)c3sc4ccccc4c3n2)cc1. The van der Waals surface area contributed by atoms with Crippen LogP contribution in [0.25, 0.3) is 141 Å². The second kappa shape index (κ2) is 11.8. The zero-order chi connectivity index (χ0) is 40.2. The van der Waals surface area contributed by atoms with E-state index >= 15 is 0 Å². The van der Waals surface area contributed by atoms with Gasteiger partial charge in [0.05, 0.1) is 37.8 Å². The summed E-state index contributed by atoms with van der Waals surface area (Å²) in [4.78, 5) is 10.6. The number of rotatable bonds is 3. The second-order valence-corrected chi connectivity index (χ2v) is 17.5. The number of aromatic nitrogens is 4. The van der Waals surface area contributed by atoms with E-state index < -0.39 is 0 Å². The summed E-state index contributed by atoms with van der Waals surface area (Å²) in [6.45, 7) is 0. The zero-order valence-electron chi connectivity index (χ0n) is 32.9. The van der Waals surface area contributed by atoms with Crippen LogP contribution in [0.15, 0.2) is 186 Å². The molecule has 0 atom stereocenters. The van der Waals surface area contributed by atoms with Crippen molar-refractivity contribution in [1.29, 1.82) is 0 Å². The van der Waals surface area contributed by atoms with Crippen LogP contribution in [0.1, 0.15) is 0 Å². The fourth-order valence-corrected chi connectivity index (χ4v) is 11.6. The van der Waals surface area contributed by atoms with Crippen LogP contribution >= 0.6 is 11.3 Å². The minimum absolute atomic E-state index is 0.719. The quantitative estimate of drug-likeness (QED) is 0.179. The predicted octanol–water partition coefficient (Wildman–Crippen LogP) is 15.5. The molecule has 6 aromatic heterocycles. The Kier molecular flexibility index (Phi) is 6.24. The molecule has 6 heterocycles. The van der Waals surface area contributed by atoms with E-state index in [1.807, 2.05) is 18.2 Å². The van der Waals surface area contributed by atoms with Crippen LogP contribution in [0.2, 0.25) is 0 Å². The molecule has 0 fully saturated rings. The van der Waals surface area contributed by atoms with Crippen LogP contribution in [0.5, 0.6) is 0 Å². The number of thiophene rings is 1. The van der Waals surface area contributed by atoms with Crippen molar-refractivity contribution in [1.82, 2.24) is 18.9 Å². The van der Waals surface area contributed by atoms with Crippen molar-refractivity contribution >= 4 is 124 Å². The molecule has 62 heavy (non-hydrogen) atoms. The summed E-state index contributed by atoms with van der Waals surface area (Å²) in [6.07, 6.45) is 0. The summed E-state index contributed by atoms with van der Waals surface area (Å²) in [7, 11) is 0. The molecule has 9 aromatic carbocycles. The van der Waals surface area contributed by atoms with Crippen molar-refractivity contribution in [2.75, 3.05) is 0 Å². The second-order valence-electron chi connectivity index (χ2n) is 16.5. The molecule has 5 nitrogen and oxygen atoms in total. The number of fused-ring (bicyclic) bond motifs is 17. The third-order valence-corrected chi connectivity index (χ3v) is 14.4. The number of furan rings is 1. The molecule has 286 valence electrons. The standard InChI is InChI=1S/C56H30N4OS/c1-2-11-31(12-3-1)55-57-52-40-15-6-9-20-50(40)62-54(52)56(58-55)60-45-19-8-5-14-36(45)42-27-32(22-25-46(42)60)33-21-24-39-49(29-33)61-48-26-23-34-28-43-38-17-10-16-37-35-13-4-7-18-44(35)59(53(37)38)47(43)30-41(34)51(39)48/h1-30H. The Bertz CT molecular complexity index is 4400. The first-order valence-corrected chi connectivity index (χ1v) is 21.8. The average Bonchev–Trinajstić information content (AvgIpc) is 4.14. The molecule has 0 saturated heterocycles. The fourth-order valence-electron chi connectivity index (χ4n) is 10.5. The number of para-hydroxylation sites is 3. The van der Waals surface area contributed by atoms with Gasteiger partial charge in [0.15, 0.2) is 11.6 Å². The van der Waals surface area contributed by atoms with Crippen LogP contribution in [0.3, 0.4) is 0 Å². The maximum Gasteiger partial charge on any atom is 0.162 e. The Morgan fingerprint density at radius 2 is 1.11 bits per heavy atom. The highest BCUT2D eigenvalue weighted by molar-refractivity contribution is 7.26. The number of hydrogen-bond donors (Lipinski definition) is 0. The van der Waals surface area contributed by atoms with Crippen molar-refractivity contribution in [3.8, 4) is 28.3 Å². The average molecular weight is 807 g/mol. The first kappa shape index (κ1) is 32.8. The van der Waals surface area contributed by atoms with Gasteiger partial charge in [0.1, 0.15) is 11.2 Å². The summed E-state index contributed by atoms with van der Waals surface area (Å²) >= 11 is 1.76. The Balaban J connectivity index is 0.923. The van der Waals surface area contributed by atoms with Gasteiger partial charge in [0, 0.05) is 58.7 Å². The lowest BCUT2D eigenvalue weighted by atomic mass is 9.98. The molecule has 0 aliphatic heterocycles. The predicted molar refractivity (Wildman–Crippen MR) is 260 cm³/mol. The summed E-state index contributed by atoms with van der Waals surface area (Å²) < 4.78 is 13.8. The van der Waals surface area contributed by atoms with Gasteiger partial charge in [-0.25, -0.2) is 9.97 Å². The fraction of sp³-hybridized carbons (Fsp3) is 0. The molecule has 0 bridgehead atoms. The minimum atomic E-state index is 0.719. The normalized spacial score (nSPS) is 12.5. The first-order valence-electron chi connectivity index (χ1n) is 21.0. The van der Waals surface area contributed by atoms with Gasteiger partial charge < -0.3 is 8.82 Å². The summed E-state index contributed by atoms with van der Waals surface area (Å²) in [6, 6.07) is 65.6. The first-order chi connectivity index (χ1) is 30.7. The molecular formula is C56H30N4OS. The molecule has 0 aliphatic rings. The summed E-state index contributed by atoms with van der Waals surface area (Å²) in [5, 5.41) is 13.3. The van der Waals surface area contributed by atoms with Gasteiger partial charge in [-0.05, 0) is 82.6 Å². The Morgan fingerprint density at radius 1 is 0.419 bits per heavy atom. The van der Waals surface area contributed by atoms with Crippen LogP contribution < -0.4 is 0 Å². The van der Waals surface area contributed by atoms with E-state index in [9.17, 15) is 0 Å². The molecule has 6 heteroatoms. The van der Waals surface area contributed by atoms with Crippen molar-refractivity contribution in [2.24, 2.45) is 0 Å². The molecule has 0 radical (unpaired) electrons. The minimum Gasteiger partial charge on any atom is -0.456 e.